The summed E-state index contributed by atoms with van der Waals surface area (Å²) in [5, 5.41) is 8.70. The van der Waals surface area contributed by atoms with Gasteiger partial charge in [-0.15, -0.1) is 11.3 Å². The number of rotatable bonds is 5. The Morgan fingerprint density at radius 1 is 1.11 bits per heavy atom. The van der Waals surface area contributed by atoms with E-state index in [2.05, 4.69) is 15.6 Å². The summed E-state index contributed by atoms with van der Waals surface area (Å²) < 4.78 is 10.5. The zero-order valence-corrected chi connectivity index (χ0v) is 16.7. The second kappa shape index (κ2) is 8.47. The van der Waals surface area contributed by atoms with Gasteiger partial charge in [0.25, 0.3) is 0 Å². The van der Waals surface area contributed by atoms with Crippen molar-refractivity contribution in [1.29, 1.82) is 0 Å². The van der Waals surface area contributed by atoms with Crippen LogP contribution in [0.25, 0.3) is 11.3 Å². The Hall–Kier alpha value is -2.48. The van der Waals surface area contributed by atoms with Gasteiger partial charge in [-0.1, -0.05) is 29.3 Å². The molecule has 2 aromatic carbocycles. The minimum absolute atomic E-state index is 0.417. The van der Waals surface area contributed by atoms with Gasteiger partial charge in [0.05, 0.1) is 30.6 Å². The number of methoxy groups -OCH3 is 2. The maximum absolute atomic E-state index is 12.3. The number of carbonyl (C=O) groups is 1. The number of hydrogen-bond acceptors (Lipinski definition) is 5. The number of urea groups is 1. The molecule has 0 atom stereocenters. The number of nitrogens with one attached hydrogen (secondary N) is 2. The first kappa shape index (κ1) is 19.3. The lowest BCUT2D eigenvalue weighted by molar-refractivity contribution is 0.262. The highest BCUT2D eigenvalue weighted by Gasteiger charge is 2.14. The minimum Gasteiger partial charge on any atom is -0.493 e. The number of carbonyl (C=O) groups excluding carboxylic acids is 1. The third-order valence-electron chi connectivity index (χ3n) is 3.58. The zero-order valence-electron chi connectivity index (χ0n) is 14.4. The van der Waals surface area contributed by atoms with E-state index in [1.165, 1.54) is 25.6 Å². The molecule has 0 aliphatic rings. The van der Waals surface area contributed by atoms with Crippen LogP contribution >= 0.6 is 34.5 Å². The quantitative estimate of drug-likeness (QED) is 0.545. The summed E-state index contributed by atoms with van der Waals surface area (Å²) in [6.07, 6.45) is 0. The van der Waals surface area contributed by atoms with Gasteiger partial charge in [0.15, 0.2) is 16.6 Å². The van der Waals surface area contributed by atoms with Gasteiger partial charge in [-0.25, -0.2) is 9.78 Å². The number of hydrogen-bond donors (Lipinski definition) is 2. The molecular formula is C18H15Cl2N3O3S. The highest BCUT2D eigenvalue weighted by molar-refractivity contribution is 7.14. The van der Waals surface area contributed by atoms with Crippen molar-refractivity contribution >= 4 is 51.4 Å². The van der Waals surface area contributed by atoms with Crippen LogP contribution in [0.1, 0.15) is 0 Å². The number of thiazole rings is 1. The Morgan fingerprint density at radius 3 is 2.67 bits per heavy atom. The zero-order chi connectivity index (χ0) is 19.4. The molecule has 0 unspecified atom stereocenters. The summed E-state index contributed by atoms with van der Waals surface area (Å²) in [5.74, 6) is 0.947. The van der Waals surface area contributed by atoms with Crippen molar-refractivity contribution in [2.75, 3.05) is 24.9 Å². The van der Waals surface area contributed by atoms with E-state index in [0.29, 0.717) is 43.6 Å². The van der Waals surface area contributed by atoms with Crippen LogP contribution in [-0.2, 0) is 0 Å². The van der Waals surface area contributed by atoms with Crippen molar-refractivity contribution in [3.8, 4) is 22.8 Å². The highest BCUT2D eigenvalue weighted by Crippen LogP contribution is 2.35. The molecule has 0 fully saturated rings. The molecule has 1 heterocycles. The van der Waals surface area contributed by atoms with Gasteiger partial charge in [0, 0.05) is 16.0 Å². The Labute approximate surface area is 170 Å². The third kappa shape index (κ3) is 4.44. The molecule has 0 saturated heterocycles. The van der Waals surface area contributed by atoms with Crippen molar-refractivity contribution in [3.63, 3.8) is 0 Å². The van der Waals surface area contributed by atoms with E-state index in [4.69, 9.17) is 32.7 Å². The molecule has 2 amide bonds. The molecule has 140 valence electrons. The molecule has 0 saturated carbocycles. The Morgan fingerprint density at radius 2 is 1.93 bits per heavy atom. The van der Waals surface area contributed by atoms with Crippen LogP contribution in [0.4, 0.5) is 15.6 Å². The first-order chi connectivity index (χ1) is 13.0. The lowest BCUT2D eigenvalue weighted by Gasteiger charge is -2.13. The first-order valence-corrected chi connectivity index (χ1v) is 9.35. The van der Waals surface area contributed by atoms with Crippen LogP contribution in [0, 0.1) is 0 Å². The van der Waals surface area contributed by atoms with Crippen LogP contribution in [0.3, 0.4) is 0 Å². The SMILES string of the molecule is COc1cccc(NC(=O)Nc2nc(-c3cc(Cl)ccc3Cl)cs2)c1OC. The number of benzene rings is 2. The summed E-state index contributed by atoms with van der Waals surface area (Å²) >= 11 is 13.5. The maximum Gasteiger partial charge on any atom is 0.325 e. The van der Waals surface area contributed by atoms with Crippen molar-refractivity contribution in [2.24, 2.45) is 0 Å². The Kier molecular flexibility index (Phi) is 6.05. The molecule has 0 radical (unpaired) electrons. The fourth-order valence-corrected chi connectivity index (χ4v) is 3.48. The minimum atomic E-state index is -0.459. The average Bonchev–Trinajstić information content (AvgIpc) is 3.11. The van der Waals surface area contributed by atoms with Crippen LogP contribution in [0.5, 0.6) is 11.5 Å². The predicted molar refractivity (Wildman–Crippen MR) is 110 cm³/mol. The van der Waals surface area contributed by atoms with Gasteiger partial charge in [-0.3, -0.25) is 5.32 Å². The van der Waals surface area contributed by atoms with Gasteiger partial charge in [0.2, 0.25) is 0 Å². The number of amides is 2. The fraction of sp³-hybridized carbons (Fsp3) is 0.111. The van der Waals surface area contributed by atoms with Crippen molar-refractivity contribution in [1.82, 2.24) is 4.98 Å². The smallest absolute Gasteiger partial charge is 0.325 e. The molecule has 1 aromatic heterocycles. The van der Waals surface area contributed by atoms with Gasteiger partial charge in [-0.05, 0) is 30.3 Å². The van der Waals surface area contributed by atoms with Gasteiger partial charge >= 0.3 is 6.03 Å². The Bertz CT molecular complexity index is 978. The summed E-state index contributed by atoms with van der Waals surface area (Å²) in [6.45, 7) is 0. The third-order valence-corrected chi connectivity index (χ3v) is 4.90. The molecule has 0 aliphatic heterocycles. The van der Waals surface area contributed by atoms with E-state index < -0.39 is 6.03 Å². The monoisotopic (exact) mass is 423 g/mol. The first-order valence-electron chi connectivity index (χ1n) is 7.71. The van der Waals surface area contributed by atoms with Crippen LogP contribution in [0.15, 0.2) is 41.8 Å². The van der Waals surface area contributed by atoms with Crippen LogP contribution in [-0.4, -0.2) is 25.2 Å². The lowest BCUT2D eigenvalue weighted by Crippen LogP contribution is -2.19. The standard InChI is InChI=1S/C18H15Cl2N3O3S/c1-25-15-5-3-4-13(16(15)26-2)21-17(24)23-18-22-14(9-27-18)11-8-10(19)6-7-12(11)20/h3-9H,1-2H3,(H2,21,22,23,24). The second-order valence-corrected chi connectivity index (χ2v) is 6.98. The van der Waals surface area contributed by atoms with E-state index in [0.717, 1.165) is 0 Å². The molecule has 6 nitrogen and oxygen atoms in total. The molecular weight excluding hydrogens is 409 g/mol. The summed E-state index contributed by atoms with van der Waals surface area (Å²) in [6, 6.07) is 9.87. The van der Waals surface area contributed by atoms with Gasteiger partial charge in [-0.2, -0.15) is 0 Å². The van der Waals surface area contributed by atoms with E-state index in [9.17, 15) is 4.79 Å². The molecule has 27 heavy (non-hydrogen) atoms. The second-order valence-electron chi connectivity index (χ2n) is 5.28. The summed E-state index contributed by atoms with van der Waals surface area (Å²) in [4.78, 5) is 16.7. The van der Waals surface area contributed by atoms with Gasteiger partial charge in [0.1, 0.15) is 0 Å². The largest absolute Gasteiger partial charge is 0.493 e. The normalized spacial score (nSPS) is 10.4. The van der Waals surface area contributed by atoms with E-state index in [-0.39, 0.29) is 0 Å². The van der Waals surface area contributed by atoms with Crippen molar-refractivity contribution < 1.29 is 14.3 Å². The van der Waals surface area contributed by atoms with E-state index in [1.807, 2.05) is 0 Å². The number of halogens is 2. The molecule has 0 aliphatic carbocycles. The van der Waals surface area contributed by atoms with Crippen LogP contribution in [0.2, 0.25) is 10.0 Å². The molecule has 3 rings (SSSR count). The topological polar surface area (TPSA) is 72.5 Å². The highest BCUT2D eigenvalue weighted by atomic mass is 35.5. The van der Waals surface area contributed by atoms with Crippen molar-refractivity contribution in [3.05, 3.63) is 51.8 Å². The predicted octanol–water partition coefficient (Wildman–Crippen LogP) is 5.78. The number of ether oxygens (including phenoxy) is 2. The number of anilines is 2. The Balaban J connectivity index is 1.75. The van der Waals surface area contributed by atoms with Crippen LogP contribution < -0.4 is 20.1 Å². The van der Waals surface area contributed by atoms with Gasteiger partial charge < -0.3 is 14.8 Å². The van der Waals surface area contributed by atoms with E-state index >= 15 is 0 Å². The maximum atomic E-state index is 12.3. The molecule has 2 N–H and O–H groups in total. The lowest BCUT2D eigenvalue weighted by atomic mass is 10.2. The molecule has 0 bridgehead atoms. The molecule has 9 heteroatoms. The molecule has 0 spiro atoms. The average molecular weight is 424 g/mol. The molecule has 3 aromatic rings. The number of para-hydroxylation sites is 1. The summed E-state index contributed by atoms with van der Waals surface area (Å²) in [7, 11) is 3.03. The fourth-order valence-electron chi connectivity index (χ4n) is 2.38. The van der Waals surface area contributed by atoms with E-state index in [1.54, 1.807) is 41.8 Å². The number of nitrogens with zero attached hydrogens (tertiary/aromatic N) is 1. The summed E-state index contributed by atoms with van der Waals surface area (Å²) in [5.41, 5.74) is 1.80. The van der Waals surface area contributed by atoms with Crippen molar-refractivity contribution in [2.45, 2.75) is 0 Å². The number of aromatic nitrogens is 1.